The number of nitrogens with two attached hydrogens (primary N) is 1. The fourth-order valence-electron chi connectivity index (χ4n) is 1.69. The maximum absolute atomic E-state index is 5.96. The van der Waals surface area contributed by atoms with Crippen molar-refractivity contribution in [3.63, 3.8) is 0 Å². The highest BCUT2D eigenvalue weighted by Gasteiger charge is 2.09. The summed E-state index contributed by atoms with van der Waals surface area (Å²) in [6.07, 6.45) is 2.22. The van der Waals surface area contributed by atoms with Crippen molar-refractivity contribution in [1.29, 1.82) is 0 Å². The van der Waals surface area contributed by atoms with Gasteiger partial charge in [-0.3, -0.25) is 0 Å². The summed E-state index contributed by atoms with van der Waals surface area (Å²) in [6.45, 7) is 2.02. The fraction of sp³-hybridized carbons (Fsp3) is 0.167. The lowest BCUT2D eigenvalue weighted by Gasteiger charge is -2.13. The first kappa shape index (κ1) is 14.0. The number of nitrogen functional groups attached to an aromatic ring is 1. The van der Waals surface area contributed by atoms with Gasteiger partial charge in [-0.25, -0.2) is 15.8 Å². The molecule has 0 atom stereocenters. The quantitative estimate of drug-likeness (QED) is 0.586. The average molecular weight is 343 g/mol. The molecule has 0 saturated carbocycles. The Bertz CT molecular complexity index is 590. The second-order valence-corrected chi connectivity index (χ2v) is 5.06. The standard InChI is InChI=1S/C12H13BrClN5/c1-2-8-11(16-6-17-12(8)19-15)18-7-3-4-10(14)9(13)5-7/h3-6H,2,15H2,1H3,(H2,16,17,18,19). The van der Waals surface area contributed by atoms with Crippen LogP contribution in [0.25, 0.3) is 0 Å². The van der Waals surface area contributed by atoms with Gasteiger partial charge in [0.2, 0.25) is 0 Å². The smallest absolute Gasteiger partial charge is 0.148 e. The molecule has 0 bridgehead atoms. The number of nitrogens with zero attached hydrogens (tertiary/aromatic N) is 2. The number of anilines is 3. The summed E-state index contributed by atoms with van der Waals surface area (Å²) in [7, 11) is 0. The number of nitrogens with one attached hydrogen (secondary N) is 2. The molecule has 0 amide bonds. The van der Waals surface area contributed by atoms with Gasteiger partial charge in [0.05, 0.1) is 5.02 Å². The van der Waals surface area contributed by atoms with Gasteiger partial charge < -0.3 is 10.7 Å². The highest BCUT2D eigenvalue weighted by atomic mass is 79.9. The second-order valence-electron chi connectivity index (χ2n) is 3.80. The molecule has 1 aromatic carbocycles. The third-order valence-corrected chi connectivity index (χ3v) is 3.83. The number of hydrogen-bond donors (Lipinski definition) is 3. The molecule has 0 saturated heterocycles. The molecule has 0 aliphatic carbocycles. The van der Waals surface area contributed by atoms with E-state index in [2.05, 4.69) is 36.6 Å². The van der Waals surface area contributed by atoms with Gasteiger partial charge in [-0.1, -0.05) is 18.5 Å². The monoisotopic (exact) mass is 341 g/mol. The summed E-state index contributed by atoms with van der Waals surface area (Å²) < 4.78 is 0.823. The van der Waals surface area contributed by atoms with E-state index in [4.69, 9.17) is 17.4 Å². The first-order valence-electron chi connectivity index (χ1n) is 5.68. The maximum atomic E-state index is 5.96. The number of rotatable bonds is 4. The van der Waals surface area contributed by atoms with Crippen LogP contribution in [-0.4, -0.2) is 9.97 Å². The zero-order valence-corrected chi connectivity index (χ0v) is 12.6. The number of hydrazine groups is 1. The van der Waals surface area contributed by atoms with Gasteiger partial charge >= 0.3 is 0 Å². The Balaban J connectivity index is 2.35. The van der Waals surface area contributed by atoms with E-state index in [0.29, 0.717) is 10.8 Å². The predicted molar refractivity (Wildman–Crippen MR) is 81.7 cm³/mol. The second kappa shape index (κ2) is 6.18. The summed E-state index contributed by atoms with van der Waals surface area (Å²) in [5.74, 6) is 6.78. The lowest BCUT2D eigenvalue weighted by atomic mass is 10.2. The van der Waals surface area contributed by atoms with Crippen molar-refractivity contribution < 1.29 is 0 Å². The molecule has 0 spiro atoms. The van der Waals surface area contributed by atoms with Crippen molar-refractivity contribution in [3.8, 4) is 0 Å². The van der Waals surface area contributed by atoms with Crippen LogP contribution < -0.4 is 16.6 Å². The topological polar surface area (TPSA) is 75.9 Å². The molecule has 7 heteroatoms. The van der Waals surface area contributed by atoms with E-state index in [1.54, 1.807) is 0 Å². The molecule has 1 heterocycles. The Labute approximate surface area is 124 Å². The number of halogens is 2. The highest BCUT2D eigenvalue weighted by Crippen LogP contribution is 2.28. The van der Waals surface area contributed by atoms with Crippen LogP contribution in [0.3, 0.4) is 0 Å². The lowest BCUT2D eigenvalue weighted by molar-refractivity contribution is 1.04. The van der Waals surface area contributed by atoms with E-state index in [0.717, 1.165) is 28.0 Å². The van der Waals surface area contributed by atoms with Crippen molar-refractivity contribution in [2.45, 2.75) is 13.3 Å². The van der Waals surface area contributed by atoms with Crippen LogP contribution in [0.15, 0.2) is 29.0 Å². The first-order valence-corrected chi connectivity index (χ1v) is 6.85. The average Bonchev–Trinajstić information content (AvgIpc) is 2.42. The minimum Gasteiger partial charge on any atom is -0.340 e. The van der Waals surface area contributed by atoms with Crippen molar-refractivity contribution >= 4 is 44.9 Å². The zero-order chi connectivity index (χ0) is 13.8. The normalized spacial score (nSPS) is 10.3. The minimum absolute atomic E-state index is 0.619. The Morgan fingerprint density at radius 2 is 2.05 bits per heavy atom. The van der Waals surface area contributed by atoms with Crippen LogP contribution in [0.1, 0.15) is 12.5 Å². The van der Waals surface area contributed by atoms with Gasteiger partial charge in [-0.2, -0.15) is 0 Å². The molecule has 0 unspecified atom stereocenters. The molecule has 2 rings (SSSR count). The maximum Gasteiger partial charge on any atom is 0.148 e. The number of aromatic nitrogens is 2. The van der Waals surface area contributed by atoms with Crippen molar-refractivity contribution in [2.24, 2.45) is 5.84 Å². The predicted octanol–water partition coefficient (Wildman–Crippen LogP) is 3.48. The summed E-state index contributed by atoms with van der Waals surface area (Å²) in [6, 6.07) is 5.58. The van der Waals surface area contributed by atoms with Gasteiger partial charge in [-0.15, -0.1) is 0 Å². The molecule has 2 aromatic rings. The van der Waals surface area contributed by atoms with E-state index < -0.39 is 0 Å². The summed E-state index contributed by atoms with van der Waals surface area (Å²) >= 11 is 9.35. The largest absolute Gasteiger partial charge is 0.340 e. The van der Waals surface area contributed by atoms with E-state index in [1.165, 1.54) is 6.33 Å². The van der Waals surface area contributed by atoms with Crippen LogP contribution >= 0.6 is 27.5 Å². The van der Waals surface area contributed by atoms with Crippen molar-refractivity contribution in [1.82, 2.24) is 9.97 Å². The van der Waals surface area contributed by atoms with Crippen LogP contribution in [0.4, 0.5) is 17.3 Å². The van der Waals surface area contributed by atoms with Gasteiger partial charge in [0.15, 0.2) is 0 Å². The molecule has 0 aliphatic heterocycles. The molecule has 0 radical (unpaired) electrons. The van der Waals surface area contributed by atoms with Crippen LogP contribution in [0.2, 0.25) is 5.02 Å². The Hall–Kier alpha value is -1.37. The summed E-state index contributed by atoms with van der Waals surface area (Å²) in [5, 5.41) is 3.89. The van der Waals surface area contributed by atoms with E-state index in [1.807, 2.05) is 25.1 Å². The van der Waals surface area contributed by atoms with Crippen LogP contribution in [0.5, 0.6) is 0 Å². The Morgan fingerprint density at radius 1 is 1.32 bits per heavy atom. The lowest BCUT2D eigenvalue weighted by Crippen LogP contribution is -2.13. The van der Waals surface area contributed by atoms with E-state index in [9.17, 15) is 0 Å². The van der Waals surface area contributed by atoms with E-state index in [-0.39, 0.29) is 0 Å². The van der Waals surface area contributed by atoms with Crippen LogP contribution in [-0.2, 0) is 6.42 Å². The van der Waals surface area contributed by atoms with Gasteiger partial charge in [0.25, 0.3) is 0 Å². The third kappa shape index (κ3) is 3.15. The molecular formula is C12H13BrClN5. The summed E-state index contributed by atoms with van der Waals surface area (Å²) in [4.78, 5) is 8.32. The molecule has 4 N–H and O–H groups in total. The SMILES string of the molecule is CCc1c(NN)ncnc1Nc1ccc(Cl)c(Br)c1. The molecule has 19 heavy (non-hydrogen) atoms. The molecule has 0 fully saturated rings. The van der Waals surface area contributed by atoms with Gasteiger partial charge in [-0.05, 0) is 40.5 Å². The third-order valence-electron chi connectivity index (χ3n) is 2.62. The Morgan fingerprint density at radius 3 is 2.68 bits per heavy atom. The number of hydrogen-bond acceptors (Lipinski definition) is 5. The van der Waals surface area contributed by atoms with E-state index >= 15 is 0 Å². The molecule has 1 aromatic heterocycles. The zero-order valence-electron chi connectivity index (χ0n) is 10.2. The molecule has 100 valence electrons. The molecule has 5 nitrogen and oxygen atoms in total. The Kier molecular flexibility index (Phi) is 4.57. The van der Waals surface area contributed by atoms with Crippen molar-refractivity contribution in [3.05, 3.63) is 39.6 Å². The minimum atomic E-state index is 0.619. The molecular weight excluding hydrogens is 330 g/mol. The number of benzene rings is 1. The van der Waals surface area contributed by atoms with Gasteiger partial charge in [0.1, 0.15) is 18.0 Å². The van der Waals surface area contributed by atoms with Gasteiger partial charge in [0, 0.05) is 15.7 Å². The van der Waals surface area contributed by atoms with Crippen molar-refractivity contribution in [2.75, 3.05) is 10.7 Å². The van der Waals surface area contributed by atoms with Crippen LogP contribution in [0, 0.1) is 0 Å². The summed E-state index contributed by atoms with van der Waals surface area (Å²) in [5.41, 5.74) is 4.38. The first-order chi connectivity index (χ1) is 9.15. The highest BCUT2D eigenvalue weighted by molar-refractivity contribution is 9.10. The fourth-order valence-corrected chi connectivity index (χ4v) is 2.19. The molecule has 0 aliphatic rings.